The molecule has 1 aromatic carbocycles. The number of nitrogens with one attached hydrogen (secondary N) is 1. The molecule has 26 heavy (non-hydrogen) atoms. The van der Waals surface area contributed by atoms with Crippen molar-refractivity contribution in [3.63, 3.8) is 0 Å². The maximum atomic E-state index is 11.6. The zero-order valence-electron chi connectivity index (χ0n) is 15.2. The monoisotopic (exact) mass is 351 g/mol. The van der Waals surface area contributed by atoms with Crippen LogP contribution in [0.25, 0.3) is 0 Å². The molecule has 136 valence electrons. The molecule has 2 aliphatic rings. The molecule has 1 amide bonds. The largest absolute Gasteiger partial charge is 0.355 e. The van der Waals surface area contributed by atoms with E-state index in [2.05, 4.69) is 62.5 Å². The van der Waals surface area contributed by atoms with Crippen molar-refractivity contribution in [3.8, 4) is 0 Å². The third kappa shape index (κ3) is 3.55. The van der Waals surface area contributed by atoms with Gasteiger partial charge in [0.2, 0.25) is 5.91 Å². The van der Waals surface area contributed by atoms with Gasteiger partial charge in [-0.25, -0.2) is 9.97 Å². The highest BCUT2D eigenvalue weighted by atomic mass is 16.1. The number of likely N-dealkylation sites (tertiary alicyclic amines) is 1. The highest BCUT2D eigenvalue weighted by molar-refractivity contribution is 5.93. The fourth-order valence-electron chi connectivity index (χ4n) is 3.98. The molecule has 6 nitrogen and oxygen atoms in total. The molecular weight excluding hydrogens is 326 g/mol. The van der Waals surface area contributed by atoms with Crippen LogP contribution in [0.5, 0.6) is 0 Å². The fourth-order valence-corrected chi connectivity index (χ4v) is 3.98. The number of fused-ring (bicyclic) bond motifs is 1. The summed E-state index contributed by atoms with van der Waals surface area (Å²) in [7, 11) is 2.12. The van der Waals surface area contributed by atoms with Crippen LogP contribution in [0.3, 0.4) is 0 Å². The molecule has 1 saturated heterocycles. The first-order valence-electron chi connectivity index (χ1n) is 9.33. The summed E-state index contributed by atoms with van der Waals surface area (Å²) in [5.74, 6) is 1.67. The third-order valence-electron chi connectivity index (χ3n) is 5.39. The number of nitrogens with zero attached hydrogens (tertiary/aromatic N) is 4. The van der Waals surface area contributed by atoms with E-state index >= 15 is 0 Å². The van der Waals surface area contributed by atoms with Gasteiger partial charge in [0.15, 0.2) is 0 Å². The van der Waals surface area contributed by atoms with Gasteiger partial charge >= 0.3 is 0 Å². The first-order chi connectivity index (χ1) is 12.7. The number of amides is 1. The van der Waals surface area contributed by atoms with Crippen LogP contribution in [0.15, 0.2) is 36.7 Å². The second kappa shape index (κ2) is 7.41. The Bertz CT molecular complexity index is 779. The minimum atomic E-state index is 0.0384. The Labute approximate surface area is 154 Å². The van der Waals surface area contributed by atoms with Crippen molar-refractivity contribution in [2.24, 2.45) is 0 Å². The van der Waals surface area contributed by atoms with E-state index in [4.69, 9.17) is 0 Å². The van der Waals surface area contributed by atoms with Crippen molar-refractivity contribution in [2.75, 3.05) is 30.4 Å². The molecule has 0 aliphatic carbocycles. The van der Waals surface area contributed by atoms with E-state index in [1.165, 1.54) is 12.0 Å². The van der Waals surface area contributed by atoms with Crippen LogP contribution in [0, 0.1) is 0 Å². The Hall–Kier alpha value is -2.47. The Balaban J connectivity index is 1.49. The van der Waals surface area contributed by atoms with E-state index in [1.807, 2.05) is 0 Å². The topological polar surface area (TPSA) is 61.4 Å². The summed E-state index contributed by atoms with van der Waals surface area (Å²) >= 11 is 0. The van der Waals surface area contributed by atoms with Crippen molar-refractivity contribution < 1.29 is 4.79 Å². The molecule has 1 unspecified atom stereocenters. The van der Waals surface area contributed by atoms with Crippen LogP contribution in [0.2, 0.25) is 0 Å². The smallest absolute Gasteiger partial charge is 0.225 e. The van der Waals surface area contributed by atoms with Gasteiger partial charge in [-0.1, -0.05) is 30.3 Å². The van der Waals surface area contributed by atoms with Gasteiger partial charge in [-0.05, 0) is 31.4 Å². The van der Waals surface area contributed by atoms with E-state index in [1.54, 1.807) is 6.33 Å². The second-order valence-corrected chi connectivity index (χ2v) is 7.20. The minimum Gasteiger partial charge on any atom is -0.355 e. The lowest BCUT2D eigenvalue weighted by molar-refractivity contribution is -0.116. The molecule has 0 bridgehead atoms. The average molecular weight is 351 g/mol. The molecule has 0 spiro atoms. The van der Waals surface area contributed by atoms with Crippen LogP contribution in [0.4, 0.5) is 11.6 Å². The van der Waals surface area contributed by atoms with Crippen LogP contribution in [-0.4, -0.2) is 47.0 Å². The predicted molar refractivity (Wildman–Crippen MR) is 102 cm³/mol. The average Bonchev–Trinajstić information content (AvgIpc) is 2.68. The first kappa shape index (κ1) is 17.0. The van der Waals surface area contributed by atoms with Gasteiger partial charge in [-0.2, -0.15) is 0 Å². The van der Waals surface area contributed by atoms with Gasteiger partial charge in [0.05, 0.1) is 0 Å². The van der Waals surface area contributed by atoms with Crippen LogP contribution in [-0.2, 0) is 17.8 Å². The lowest BCUT2D eigenvalue weighted by Gasteiger charge is -2.39. The first-order valence-corrected chi connectivity index (χ1v) is 9.33. The normalized spacial score (nSPS) is 20.3. The van der Waals surface area contributed by atoms with E-state index in [0.717, 1.165) is 37.4 Å². The third-order valence-corrected chi connectivity index (χ3v) is 5.39. The number of carbonyl (C=O) groups is 1. The van der Waals surface area contributed by atoms with Gasteiger partial charge in [0.25, 0.3) is 0 Å². The zero-order valence-corrected chi connectivity index (χ0v) is 15.2. The predicted octanol–water partition coefficient (Wildman–Crippen LogP) is 2.46. The molecule has 4 rings (SSSR count). The molecule has 2 aromatic rings. The number of benzene rings is 1. The number of piperidine rings is 1. The number of hydrogen-bond acceptors (Lipinski definition) is 5. The number of anilines is 2. The fraction of sp³-hybridized carbons (Fsp3) is 0.450. The highest BCUT2D eigenvalue weighted by Crippen LogP contribution is 2.30. The van der Waals surface area contributed by atoms with Crippen LogP contribution in [0.1, 0.15) is 30.4 Å². The molecule has 1 aromatic heterocycles. The molecule has 1 fully saturated rings. The van der Waals surface area contributed by atoms with E-state index in [-0.39, 0.29) is 5.91 Å². The van der Waals surface area contributed by atoms with Crippen molar-refractivity contribution in [3.05, 3.63) is 47.8 Å². The molecule has 1 N–H and O–H groups in total. The molecule has 2 aliphatic heterocycles. The lowest BCUT2D eigenvalue weighted by atomic mass is 10.0. The molecule has 0 radical (unpaired) electrons. The quantitative estimate of drug-likeness (QED) is 0.917. The van der Waals surface area contributed by atoms with Crippen molar-refractivity contribution in [1.82, 2.24) is 14.9 Å². The number of rotatable bonds is 4. The summed E-state index contributed by atoms with van der Waals surface area (Å²) in [6, 6.07) is 11.1. The molecule has 3 heterocycles. The van der Waals surface area contributed by atoms with Crippen molar-refractivity contribution in [2.45, 2.75) is 38.3 Å². The Morgan fingerprint density at radius 1 is 1.23 bits per heavy atom. The van der Waals surface area contributed by atoms with Crippen LogP contribution < -0.4 is 10.2 Å². The van der Waals surface area contributed by atoms with Gasteiger partial charge < -0.3 is 10.2 Å². The Kier molecular flexibility index (Phi) is 4.84. The SMILES string of the molecule is CN(c1ncnc2c1CCC(=O)N2)C1CCCN(Cc2ccccc2)C1. The maximum Gasteiger partial charge on any atom is 0.225 e. The summed E-state index contributed by atoms with van der Waals surface area (Å²) in [4.78, 5) is 25.2. The zero-order chi connectivity index (χ0) is 17.9. The summed E-state index contributed by atoms with van der Waals surface area (Å²) in [6.45, 7) is 3.15. The van der Waals surface area contributed by atoms with Gasteiger partial charge in [0, 0.05) is 38.2 Å². The standard InChI is InChI=1S/C20H25N5O/c1-24(20-17-9-10-18(26)23-19(17)21-14-22-20)16-8-5-11-25(13-16)12-15-6-3-2-4-7-15/h2-4,6-7,14,16H,5,8-13H2,1H3,(H,21,22,23,26). The van der Waals surface area contributed by atoms with Crippen molar-refractivity contribution >= 4 is 17.5 Å². The van der Waals surface area contributed by atoms with Gasteiger partial charge in [-0.3, -0.25) is 9.69 Å². The van der Waals surface area contributed by atoms with Crippen molar-refractivity contribution in [1.29, 1.82) is 0 Å². The number of likely N-dealkylation sites (N-methyl/N-ethyl adjacent to an activating group) is 1. The summed E-state index contributed by atoms with van der Waals surface area (Å²) in [5.41, 5.74) is 2.42. The number of carbonyl (C=O) groups excluding carboxylic acids is 1. The minimum absolute atomic E-state index is 0.0384. The molecule has 6 heteroatoms. The maximum absolute atomic E-state index is 11.6. The van der Waals surface area contributed by atoms with Crippen LogP contribution >= 0.6 is 0 Å². The summed E-state index contributed by atoms with van der Waals surface area (Å²) < 4.78 is 0. The molecule has 1 atom stereocenters. The summed E-state index contributed by atoms with van der Waals surface area (Å²) in [6.07, 6.45) is 5.12. The highest BCUT2D eigenvalue weighted by Gasteiger charge is 2.28. The van der Waals surface area contributed by atoms with E-state index < -0.39 is 0 Å². The van der Waals surface area contributed by atoms with Gasteiger partial charge in [0.1, 0.15) is 18.0 Å². The lowest BCUT2D eigenvalue weighted by Crippen LogP contribution is -2.47. The van der Waals surface area contributed by atoms with E-state index in [9.17, 15) is 4.79 Å². The number of aromatic nitrogens is 2. The Morgan fingerprint density at radius 3 is 2.92 bits per heavy atom. The summed E-state index contributed by atoms with van der Waals surface area (Å²) in [5, 5.41) is 2.87. The van der Waals surface area contributed by atoms with Gasteiger partial charge in [-0.15, -0.1) is 0 Å². The molecular formula is C20H25N5O. The van der Waals surface area contributed by atoms with E-state index in [0.29, 0.717) is 24.7 Å². The Morgan fingerprint density at radius 2 is 2.08 bits per heavy atom. The second-order valence-electron chi connectivity index (χ2n) is 7.20. The molecule has 0 saturated carbocycles. The number of hydrogen-bond donors (Lipinski definition) is 1.